The van der Waals surface area contributed by atoms with Gasteiger partial charge in [0.05, 0.1) is 16.6 Å². The van der Waals surface area contributed by atoms with E-state index in [9.17, 15) is 14.7 Å². The molecule has 0 aliphatic carbocycles. The number of nitrogens with one attached hydrogen (secondary N) is 1. The van der Waals surface area contributed by atoms with Crippen LogP contribution in [0.5, 0.6) is 0 Å². The molecule has 2 N–H and O–H groups in total. The van der Waals surface area contributed by atoms with E-state index in [1.54, 1.807) is 0 Å². The lowest BCUT2D eigenvalue weighted by Crippen LogP contribution is -2.42. The van der Waals surface area contributed by atoms with E-state index in [-0.39, 0.29) is 6.42 Å². The highest BCUT2D eigenvalue weighted by atomic mass is 79.9. The number of para-hydroxylation sites is 2. The monoisotopic (exact) mass is 448 g/mol. The standard InChI is InChI=1S/C23H17BrN2O3/c24-15-11-9-14(10-12-15)13-20(23(28)29)26-22(27)21-16-5-1-3-7-18(16)25-19-8-4-2-6-17(19)21/h1-12,20H,13H2,(H,26,27)(H,28,29)/t20-/m1/s1. The number of carbonyl (C=O) groups excluding carboxylic acids is 1. The predicted octanol–water partition coefficient (Wildman–Crippen LogP) is 4.58. The van der Waals surface area contributed by atoms with E-state index in [4.69, 9.17) is 0 Å². The number of amides is 1. The van der Waals surface area contributed by atoms with Crippen LogP contribution in [-0.2, 0) is 11.2 Å². The Balaban J connectivity index is 1.73. The second-order valence-corrected chi connectivity index (χ2v) is 7.63. The summed E-state index contributed by atoms with van der Waals surface area (Å²) in [6.45, 7) is 0. The van der Waals surface area contributed by atoms with Crippen molar-refractivity contribution in [3.8, 4) is 0 Å². The van der Waals surface area contributed by atoms with Crippen LogP contribution in [0.15, 0.2) is 77.3 Å². The van der Waals surface area contributed by atoms with Crippen molar-refractivity contribution in [3.63, 3.8) is 0 Å². The van der Waals surface area contributed by atoms with Crippen molar-refractivity contribution in [3.05, 3.63) is 88.4 Å². The van der Waals surface area contributed by atoms with E-state index < -0.39 is 17.9 Å². The number of aliphatic carboxylic acids is 1. The van der Waals surface area contributed by atoms with Gasteiger partial charge in [0.1, 0.15) is 6.04 Å². The van der Waals surface area contributed by atoms with Gasteiger partial charge in [-0.2, -0.15) is 0 Å². The lowest BCUT2D eigenvalue weighted by molar-refractivity contribution is -0.139. The number of pyridine rings is 1. The minimum atomic E-state index is -1.08. The quantitative estimate of drug-likeness (QED) is 0.438. The fourth-order valence-corrected chi connectivity index (χ4v) is 3.64. The topological polar surface area (TPSA) is 79.3 Å². The molecule has 0 spiro atoms. The maximum Gasteiger partial charge on any atom is 0.326 e. The summed E-state index contributed by atoms with van der Waals surface area (Å²) in [4.78, 5) is 29.7. The van der Waals surface area contributed by atoms with Crippen molar-refractivity contribution < 1.29 is 14.7 Å². The Bertz CT molecular complexity index is 1170. The number of hydrogen-bond donors (Lipinski definition) is 2. The van der Waals surface area contributed by atoms with E-state index >= 15 is 0 Å². The molecule has 1 heterocycles. The van der Waals surface area contributed by atoms with Gasteiger partial charge in [-0.3, -0.25) is 4.79 Å². The minimum Gasteiger partial charge on any atom is -0.480 e. The smallest absolute Gasteiger partial charge is 0.326 e. The maximum absolute atomic E-state index is 13.2. The Labute approximate surface area is 175 Å². The Kier molecular flexibility index (Phi) is 5.27. The molecule has 6 heteroatoms. The number of carbonyl (C=O) groups is 2. The van der Waals surface area contributed by atoms with Gasteiger partial charge in [-0.25, -0.2) is 9.78 Å². The molecule has 3 aromatic carbocycles. The van der Waals surface area contributed by atoms with Crippen LogP contribution in [0.1, 0.15) is 15.9 Å². The zero-order chi connectivity index (χ0) is 20.4. The third-order valence-electron chi connectivity index (χ3n) is 4.77. The molecule has 0 aliphatic rings. The molecule has 0 saturated carbocycles. The highest BCUT2D eigenvalue weighted by Crippen LogP contribution is 2.26. The van der Waals surface area contributed by atoms with Crippen molar-refractivity contribution >= 4 is 49.6 Å². The Morgan fingerprint density at radius 1 is 0.897 bits per heavy atom. The maximum atomic E-state index is 13.2. The molecular weight excluding hydrogens is 432 g/mol. The largest absolute Gasteiger partial charge is 0.480 e. The number of halogens is 1. The third kappa shape index (κ3) is 3.98. The SMILES string of the molecule is O=C(N[C@H](Cc1ccc(Br)cc1)C(=O)O)c1c2ccccc2nc2ccccc12. The first-order valence-electron chi connectivity index (χ1n) is 9.08. The molecule has 1 atom stereocenters. The van der Waals surface area contributed by atoms with E-state index in [0.717, 1.165) is 10.0 Å². The van der Waals surface area contributed by atoms with Crippen molar-refractivity contribution in [2.24, 2.45) is 0 Å². The predicted molar refractivity (Wildman–Crippen MR) is 116 cm³/mol. The van der Waals surface area contributed by atoms with Gasteiger partial charge in [0.2, 0.25) is 0 Å². The first kappa shape index (κ1) is 19.1. The van der Waals surface area contributed by atoms with Gasteiger partial charge in [-0.1, -0.05) is 64.5 Å². The van der Waals surface area contributed by atoms with Crippen LogP contribution in [0.4, 0.5) is 0 Å². The summed E-state index contributed by atoms with van der Waals surface area (Å²) in [6, 6.07) is 21.1. The number of carboxylic acid groups (broad SMARTS) is 1. The molecular formula is C23H17BrN2O3. The fraction of sp³-hybridized carbons (Fsp3) is 0.0870. The summed E-state index contributed by atoms with van der Waals surface area (Å²) in [5.41, 5.74) is 2.64. The Morgan fingerprint density at radius 2 is 1.45 bits per heavy atom. The molecule has 1 amide bonds. The first-order valence-corrected chi connectivity index (χ1v) is 9.88. The second-order valence-electron chi connectivity index (χ2n) is 6.72. The highest BCUT2D eigenvalue weighted by molar-refractivity contribution is 9.10. The molecule has 0 unspecified atom stereocenters. The van der Waals surface area contributed by atoms with Crippen molar-refractivity contribution in [2.75, 3.05) is 0 Å². The number of carboxylic acids is 1. The number of hydrogen-bond acceptors (Lipinski definition) is 3. The lowest BCUT2D eigenvalue weighted by atomic mass is 10.0. The van der Waals surface area contributed by atoms with Crippen LogP contribution in [0.25, 0.3) is 21.8 Å². The second kappa shape index (κ2) is 8.01. The Morgan fingerprint density at radius 3 is 2.00 bits per heavy atom. The molecule has 1 aromatic heterocycles. The van der Waals surface area contributed by atoms with Crippen LogP contribution >= 0.6 is 15.9 Å². The molecule has 4 rings (SSSR count). The van der Waals surface area contributed by atoms with Crippen LogP contribution in [0.2, 0.25) is 0 Å². The number of benzene rings is 3. The summed E-state index contributed by atoms with van der Waals surface area (Å²) in [5.74, 6) is -1.51. The summed E-state index contributed by atoms with van der Waals surface area (Å²) in [6.07, 6.45) is 0.190. The van der Waals surface area contributed by atoms with Crippen LogP contribution < -0.4 is 5.32 Å². The zero-order valence-corrected chi connectivity index (χ0v) is 16.9. The number of aromatic nitrogens is 1. The normalized spacial score (nSPS) is 12.0. The average molecular weight is 449 g/mol. The van der Waals surface area contributed by atoms with Gasteiger partial charge in [0, 0.05) is 21.7 Å². The number of rotatable bonds is 5. The summed E-state index contributed by atoms with van der Waals surface area (Å²) in [5, 5.41) is 13.8. The van der Waals surface area contributed by atoms with Gasteiger partial charge < -0.3 is 10.4 Å². The molecule has 0 fully saturated rings. The molecule has 5 nitrogen and oxygen atoms in total. The number of nitrogens with zero attached hydrogens (tertiary/aromatic N) is 1. The van der Waals surface area contributed by atoms with E-state index in [1.165, 1.54) is 0 Å². The molecule has 144 valence electrons. The van der Waals surface area contributed by atoms with Crippen molar-refractivity contribution in [2.45, 2.75) is 12.5 Å². The lowest BCUT2D eigenvalue weighted by Gasteiger charge is -2.17. The summed E-state index contributed by atoms with van der Waals surface area (Å²) in [7, 11) is 0. The average Bonchev–Trinajstić information content (AvgIpc) is 2.72. The number of fused-ring (bicyclic) bond motifs is 2. The fourth-order valence-electron chi connectivity index (χ4n) is 3.37. The van der Waals surface area contributed by atoms with Gasteiger partial charge in [-0.05, 0) is 29.8 Å². The summed E-state index contributed by atoms with van der Waals surface area (Å²) >= 11 is 3.37. The summed E-state index contributed by atoms with van der Waals surface area (Å²) < 4.78 is 0.909. The van der Waals surface area contributed by atoms with Crippen LogP contribution in [0, 0.1) is 0 Å². The van der Waals surface area contributed by atoms with Crippen molar-refractivity contribution in [1.29, 1.82) is 0 Å². The van der Waals surface area contributed by atoms with E-state index in [1.807, 2.05) is 72.8 Å². The first-order chi connectivity index (χ1) is 14.0. The highest BCUT2D eigenvalue weighted by Gasteiger charge is 2.24. The van der Waals surface area contributed by atoms with Gasteiger partial charge >= 0.3 is 5.97 Å². The molecule has 29 heavy (non-hydrogen) atoms. The van der Waals surface area contributed by atoms with Crippen LogP contribution in [-0.4, -0.2) is 28.0 Å². The van der Waals surface area contributed by atoms with E-state index in [0.29, 0.717) is 27.4 Å². The molecule has 0 aliphatic heterocycles. The molecule has 0 saturated heterocycles. The molecule has 0 radical (unpaired) electrons. The zero-order valence-electron chi connectivity index (χ0n) is 15.3. The minimum absolute atomic E-state index is 0.190. The Hall–Kier alpha value is -3.25. The van der Waals surface area contributed by atoms with Crippen molar-refractivity contribution in [1.82, 2.24) is 10.3 Å². The third-order valence-corrected chi connectivity index (χ3v) is 5.30. The van der Waals surface area contributed by atoms with E-state index in [2.05, 4.69) is 26.2 Å². The van der Waals surface area contributed by atoms with Crippen LogP contribution in [0.3, 0.4) is 0 Å². The molecule has 0 bridgehead atoms. The molecule has 4 aromatic rings. The van der Waals surface area contributed by atoms with Gasteiger partial charge in [0.15, 0.2) is 0 Å². The van der Waals surface area contributed by atoms with Gasteiger partial charge in [-0.15, -0.1) is 0 Å². The van der Waals surface area contributed by atoms with Gasteiger partial charge in [0.25, 0.3) is 5.91 Å².